The molecule has 134 valence electrons. The van der Waals surface area contributed by atoms with Crippen molar-refractivity contribution in [2.24, 2.45) is 0 Å². The highest BCUT2D eigenvalue weighted by atomic mass is 127. The minimum absolute atomic E-state index is 0.175. The van der Waals surface area contributed by atoms with Gasteiger partial charge in [0.2, 0.25) is 0 Å². The van der Waals surface area contributed by atoms with Crippen molar-refractivity contribution >= 4 is 28.7 Å². The SMILES string of the molecule is C[C@@H](NC(=O)OC(C)(C)C)c1ccc(I)c(OCc2ccccc2)c1. The number of amides is 1. The third-order valence-corrected chi connectivity index (χ3v) is 4.32. The van der Waals surface area contributed by atoms with Crippen LogP contribution in [0.2, 0.25) is 0 Å². The minimum Gasteiger partial charge on any atom is -0.488 e. The molecule has 4 nitrogen and oxygen atoms in total. The number of nitrogens with one attached hydrogen (secondary N) is 1. The average Bonchev–Trinajstić information content (AvgIpc) is 2.53. The third-order valence-electron chi connectivity index (χ3n) is 3.43. The Kier molecular flexibility index (Phi) is 6.70. The lowest BCUT2D eigenvalue weighted by atomic mass is 10.1. The van der Waals surface area contributed by atoms with Gasteiger partial charge in [-0.1, -0.05) is 36.4 Å². The Balaban J connectivity index is 2.03. The first kappa shape index (κ1) is 19.6. The van der Waals surface area contributed by atoms with E-state index < -0.39 is 11.7 Å². The van der Waals surface area contributed by atoms with E-state index in [1.807, 2.05) is 76.2 Å². The average molecular weight is 453 g/mol. The van der Waals surface area contributed by atoms with Crippen LogP contribution in [-0.2, 0) is 11.3 Å². The molecule has 1 N–H and O–H groups in total. The van der Waals surface area contributed by atoms with Crippen LogP contribution in [0.4, 0.5) is 4.79 Å². The van der Waals surface area contributed by atoms with E-state index >= 15 is 0 Å². The molecule has 0 fully saturated rings. The van der Waals surface area contributed by atoms with Crippen LogP contribution in [0.3, 0.4) is 0 Å². The maximum Gasteiger partial charge on any atom is 0.408 e. The van der Waals surface area contributed by atoms with Gasteiger partial charge in [-0.15, -0.1) is 0 Å². The predicted octanol–water partition coefficient (Wildman–Crippen LogP) is 5.46. The van der Waals surface area contributed by atoms with Gasteiger partial charge in [0.05, 0.1) is 9.61 Å². The van der Waals surface area contributed by atoms with Crippen LogP contribution in [0.1, 0.15) is 44.9 Å². The van der Waals surface area contributed by atoms with E-state index in [4.69, 9.17) is 9.47 Å². The van der Waals surface area contributed by atoms with Crippen LogP contribution >= 0.6 is 22.6 Å². The number of rotatable bonds is 5. The van der Waals surface area contributed by atoms with Crippen molar-refractivity contribution in [2.45, 2.75) is 45.9 Å². The summed E-state index contributed by atoms with van der Waals surface area (Å²) in [6.45, 7) is 7.97. The topological polar surface area (TPSA) is 47.6 Å². The molecular formula is C20H24INO3. The maximum absolute atomic E-state index is 11.9. The van der Waals surface area contributed by atoms with Crippen LogP contribution < -0.4 is 10.1 Å². The van der Waals surface area contributed by atoms with Crippen molar-refractivity contribution < 1.29 is 14.3 Å². The van der Waals surface area contributed by atoms with Crippen molar-refractivity contribution in [2.75, 3.05) is 0 Å². The largest absolute Gasteiger partial charge is 0.488 e. The summed E-state index contributed by atoms with van der Waals surface area (Å²) < 4.78 is 12.3. The van der Waals surface area contributed by atoms with Gasteiger partial charge in [0.1, 0.15) is 18.0 Å². The summed E-state index contributed by atoms with van der Waals surface area (Å²) in [6.07, 6.45) is -0.426. The molecule has 0 heterocycles. The minimum atomic E-state index is -0.514. The fourth-order valence-corrected chi connectivity index (χ4v) is 2.69. The summed E-state index contributed by atoms with van der Waals surface area (Å²) in [6, 6.07) is 15.8. The summed E-state index contributed by atoms with van der Waals surface area (Å²) in [5.74, 6) is 0.805. The molecule has 0 aromatic heterocycles. The molecule has 2 aromatic rings. The Morgan fingerprint density at radius 2 is 1.84 bits per heavy atom. The van der Waals surface area contributed by atoms with E-state index in [0.29, 0.717) is 6.61 Å². The Hall–Kier alpha value is -1.76. The van der Waals surface area contributed by atoms with E-state index in [1.165, 1.54) is 0 Å². The van der Waals surface area contributed by atoms with Gasteiger partial charge >= 0.3 is 6.09 Å². The third kappa shape index (κ3) is 6.57. The van der Waals surface area contributed by atoms with E-state index in [9.17, 15) is 4.79 Å². The van der Waals surface area contributed by atoms with Crippen LogP contribution in [-0.4, -0.2) is 11.7 Å². The van der Waals surface area contributed by atoms with Crippen LogP contribution in [0.15, 0.2) is 48.5 Å². The quantitative estimate of drug-likeness (QED) is 0.612. The monoisotopic (exact) mass is 453 g/mol. The van der Waals surface area contributed by atoms with E-state index in [1.54, 1.807) is 0 Å². The molecule has 0 spiro atoms. The molecule has 1 amide bonds. The molecule has 0 unspecified atom stereocenters. The molecule has 0 saturated heterocycles. The van der Waals surface area contributed by atoms with Gasteiger partial charge in [-0.05, 0) is 73.5 Å². The normalized spacial score (nSPS) is 12.4. The number of hydrogen-bond acceptors (Lipinski definition) is 3. The van der Waals surface area contributed by atoms with Gasteiger partial charge in [-0.3, -0.25) is 0 Å². The molecule has 25 heavy (non-hydrogen) atoms. The highest BCUT2D eigenvalue weighted by molar-refractivity contribution is 14.1. The van der Waals surface area contributed by atoms with Gasteiger partial charge in [-0.25, -0.2) is 4.79 Å². The van der Waals surface area contributed by atoms with E-state index in [-0.39, 0.29) is 6.04 Å². The second kappa shape index (κ2) is 8.56. The van der Waals surface area contributed by atoms with Gasteiger partial charge in [0.25, 0.3) is 0 Å². The highest BCUT2D eigenvalue weighted by Crippen LogP contribution is 2.26. The molecule has 0 saturated carbocycles. The predicted molar refractivity (Wildman–Crippen MR) is 108 cm³/mol. The van der Waals surface area contributed by atoms with Crippen LogP contribution in [0, 0.1) is 3.57 Å². The van der Waals surface area contributed by atoms with Crippen molar-refractivity contribution in [3.63, 3.8) is 0 Å². The first-order chi connectivity index (χ1) is 11.7. The zero-order chi connectivity index (χ0) is 18.4. The van der Waals surface area contributed by atoms with Gasteiger partial charge in [0, 0.05) is 0 Å². The smallest absolute Gasteiger partial charge is 0.408 e. The Labute approximate surface area is 163 Å². The van der Waals surface area contributed by atoms with E-state index in [2.05, 4.69) is 27.9 Å². The number of halogens is 1. The molecule has 0 radical (unpaired) electrons. The lowest BCUT2D eigenvalue weighted by Crippen LogP contribution is -2.34. The standard InChI is InChI=1S/C20H24INO3/c1-14(22-19(23)25-20(2,3)4)16-10-11-17(21)18(12-16)24-13-15-8-6-5-7-9-15/h5-12,14H,13H2,1-4H3,(H,22,23)/t14-/m1/s1. The summed E-state index contributed by atoms with van der Waals surface area (Å²) in [4.78, 5) is 11.9. The second-order valence-electron chi connectivity index (χ2n) is 6.83. The zero-order valence-electron chi connectivity index (χ0n) is 15.0. The fraction of sp³-hybridized carbons (Fsp3) is 0.350. The Morgan fingerprint density at radius 1 is 1.16 bits per heavy atom. The van der Waals surface area contributed by atoms with Gasteiger partial charge in [-0.2, -0.15) is 0 Å². The molecule has 0 bridgehead atoms. The Morgan fingerprint density at radius 3 is 2.48 bits per heavy atom. The number of hydrogen-bond donors (Lipinski definition) is 1. The van der Waals surface area contributed by atoms with Crippen molar-refractivity contribution in [1.29, 1.82) is 0 Å². The molecule has 2 aromatic carbocycles. The number of alkyl carbamates (subject to hydrolysis) is 1. The number of carbonyl (C=O) groups excluding carboxylic acids is 1. The number of benzene rings is 2. The molecular weight excluding hydrogens is 429 g/mol. The summed E-state index contributed by atoms with van der Waals surface area (Å²) >= 11 is 2.25. The van der Waals surface area contributed by atoms with Gasteiger partial charge in [0.15, 0.2) is 0 Å². The van der Waals surface area contributed by atoms with E-state index in [0.717, 1.165) is 20.4 Å². The lowest BCUT2D eigenvalue weighted by molar-refractivity contribution is 0.0508. The summed E-state index contributed by atoms with van der Waals surface area (Å²) in [5.41, 5.74) is 1.57. The molecule has 0 aliphatic heterocycles. The fourth-order valence-electron chi connectivity index (χ4n) is 2.20. The van der Waals surface area contributed by atoms with Crippen LogP contribution in [0.5, 0.6) is 5.75 Å². The first-order valence-electron chi connectivity index (χ1n) is 8.20. The molecule has 0 aliphatic carbocycles. The first-order valence-corrected chi connectivity index (χ1v) is 9.28. The summed E-state index contributed by atoms with van der Waals surface area (Å²) in [5, 5.41) is 2.85. The van der Waals surface area contributed by atoms with Crippen molar-refractivity contribution in [3.8, 4) is 5.75 Å². The zero-order valence-corrected chi connectivity index (χ0v) is 17.2. The molecule has 5 heteroatoms. The Bertz CT molecular complexity index is 711. The van der Waals surface area contributed by atoms with Crippen LogP contribution in [0.25, 0.3) is 0 Å². The van der Waals surface area contributed by atoms with Crippen molar-refractivity contribution in [3.05, 3.63) is 63.2 Å². The molecule has 0 aliphatic rings. The summed E-state index contributed by atoms with van der Waals surface area (Å²) in [7, 11) is 0. The van der Waals surface area contributed by atoms with Gasteiger partial charge < -0.3 is 14.8 Å². The lowest BCUT2D eigenvalue weighted by Gasteiger charge is -2.22. The molecule has 2 rings (SSSR count). The van der Waals surface area contributed by atoms with Crippen molar-refractivity contribution in [1.82, 2.24) is 5.32 Å². The number of ether oxygens (including phenoxy) is 2. The maximum atomic E-state index is 11.9. The highest BCUT2D eigenvalue weighted by Gasteiger charge is 2.18. The second-order valence-corrected chi connectivity index (χ2v) is 7.99. The number of carbonyl (C=O) groups is 1. The molecule has 1 atom stereocenters.